The van der Waals surface area contributed by atoms with E-state index in [-0.39, 0.29) is 5.69 Å². The lowest BCUT2D eigenvalue weighted by Crippen LogP contribution is -2.28. The number of hydrogen-bond donors (Lipinski definition) is 2. The quantitative estimate of drug-likeness (QED) is 0.771. The Morgan fingerprint density at radius 3 is 2.15 bits per heavy atom. The maximum Gasteiger partial charge on any atom is 0.417 e. The SMILES string of the molecule is COc1ccc(C(C)(C)CNc2ccc(S(N)(=O)=O)c(C(F)(F)F)c2)cc1. The lowest BCUT2D eigenvalue weighted by molar-refractivity contribution is -0.139. The number of alkyl halides is 3. The van der Waals surface area contributed by atoms with Gasteiger partial charge in [0.1, 0.15) is 5.75 Å². The highest BCUT2D eigenvalue weighted by Gasteiger charge is 2.36. The molecule has 0 saturated heterocycles. The Morgan fingerprint density at radius 1 is 1.07 bits per heavy atom. The van der Waals surface area contributed by atoms with E-state index in [0.29, 0.717) is 12.3 Å². The minimum Gasteiger partial charge on any atom is -0.497 e. The van der Waals surface area contributed by atoms with Gasteiger partial charge < -0.3 is 10.1 Å². The summed E-state index contributed by atoms with van der Waals surface area (Å²) in [6, 6.07) is 10.3. The highest BCUT2D eigenvalue weighted by Crippen LogP contribution is 2.36. The summed E-state index contributed by atoms with van der Waals surface area (Å²) in [5, 5.41) is 7.83. The van der Waals surface area contributed by atoms with Crippen LogP contribution in [0, 0.1) is 0 Å². The average Bonchev–Trinajstić information content (AvgIpc) is 2.58. The van der Waals surface area contributed by atoms with Crippen molar-refractivity contribution in [1.29, 1.82) is 0 Å². The number of methoxy groups -OCH3 is 1. The van der Waals surface area contributed by atoms with E-state index < -0.39 is 32.1 Å². The highest BCUT2D eigenvalue weighted by molar-refractivity contribution is 7.89. The van der Waals surface area contributed by atoms with Crippen molar-refractivity contribution in [3.63, 3.8) is 0 Å². The van der Waals surface area contributed by atoms with Gasteiger partial charge in [0.15, 0.2) is 0 Å². The van der Waals surface area contributed by atoms with Gasteiger partial charge in [-0.25, -0.2) is 13.6 Å². The van der Waals surface area contributed by atoms with Crippen molar-refractivity contribution >= 4 is 15.7 Å². The van der Waals surface area contributed by atoms with Crippen molar-refractivity contribution < 1.29 is 26.3 Å². The van der Waals surface area contributed by atoms with E-state index >= 15 is 0 Å². The van der Waals surface area contributed by atoms with Crippen LogP contribution in [0.5, 0.6) is 5.75 Å². The number of ether oxygens (including phenoxy) is 1. The molecule has 148 valence electrons. The van der Waals surface area contributed by atoms with Gasteiger partial charge in [-0.2, -0.15) is 13.2 Å². The number of sulfonamides is 1. The molecule has 2 aromatic rings. The Hall–Kier alpha value is -2.26. The van der Waals surface area contributed by atoms with Crippen LogP contribution in [-0.4, -0.2) is 22.1 Å². The van der Waals surface area contributed by atoms with Gasteiger partial charge in [0, 0.05) is 17.6 Å². The molecular weight excluding hydrogens is 381 g/mol. The second-order valence-electron chi connectivity index (χ2n) is 6.72. The third kappa shape index (κ3) is 5.14. The van der Waals surface area contributed by atoms with E-state index in [1.165, 1.54) is 6.07 Å². The molecule has 0 spiro atoms. The van der Waals surface area contributed by atoms with Crippen LogP contribution in [-0.2, 0) is 21.6 Å². The molecule has 2 rings (SSSR count). The number of primary sulfonamides is 1. The van der Waals surface area contributed by atoms with Crippen LogP contribution >= 0.6 is 0 Å². The van der Waals surface area contributed by atoms with Crippen molar-refractivity contribution in [2.75, 3.05) is 19.0 Å². The first-order valence-electron chi connectivity index (χ1n) is 7.97. The maximum atomic E-state index is 13.2. The monoisotopic (exact) mass is 402 g/mol. The van der Waals surface area contributed by atoms with Crippen LogP contribution in [0.4, 0.5) is 18.9 Å². The van der Waals surface area contributed by atoms with Gasteiger partial charge in [0.25, 0.3) is 0 Å². The normalized spacial score (nSPS) is 12.7. The fourth-order valence-electron chi connectivity index (χ4n) is 2.58. The summed E-state index contributed by atoms with van der Waals surface area (Å²) in [6.07, 6.45) is -4.84. The molecule has 0 bridgehead atoms. The molecule has 0 heterocycles. The van der Waals surface area contributed by atoms with Gasteiger partial charge in [0.2, 0.25) is 10.0 Å². The largest absolute Gasteiger partial charge is 0.497 e. The fourth-order valence-corrected chi connectivity index (χ4v) is 3.32. The molecule has 0 fully saturated rings. The van der Waals surface area contributed by atoms with Gasteiger partial charge >= 0.3 is 6.18 Å². The summed E-state index contributed by atoms with van der Waals surface area (Å²) >= 11 is 0. The van der Waals surface area contributed by atoms with E-state index in [0.717, 1.165) is 17.7 Å². The summed E-state index contributed by atoms with van der Waals surface area (Å²) < 4.78 is 67.6. The topological polar surface area (TPSA) is 81.4 Å². The number of anilines is 1. The van der Waals surface area contributed by atoms with Gasteiger partial charge in [-0.05, 0) is 35.9 Å². The van der Waals surface area contributed by atoms with E-state index in [2.05, 4.69) is 5.32 Å². The lowest BCUT2D eigenvalue weighted by atomic mass is 9.84. The number of rotatable bonds is 6. The van der Waals surface area contributed by atoms with E-state index in [1.54, 1.807) is 19.2 Å². The zero-order valence-corrected chi connectivity index (χ0v) is 15.9. The van der Waals surface area contributed by atoms with Crippen molar-refractivity contribution in [2.45, 2.75) is 30.3 Å². The second-order valence-corrected chi connectivity index (χ2v) is 8.25. The van der Waals surface area contributed by atoms with Crippen LogP contribution in [0.15, 0.2) is 47.4 Å². The summed E-state index contributed by atoms with van der Waals surface area (Å²) in [7, 11) is -2.93. The fraction of sp³-hybridized carbons (Fsp3) is 0.333. The molecule has 0 radical (unpaired) electrons. The molecule has 9 heteroatoms. The molecule has 2 aromatic carbocycles. The molecule has 0 unspecified atom stereocenters. The number of hydrogen-bond acceptors (Lipinski definition) is 4. The molecule has 3 N–H and O–H groups in total. The van der Waals surface area contributed by atoms with Crippen LogP contribution < -0.4 is 15.2 Å². The Morgan fingerprint density at radius 2 is 1.67 bits per heavy atom. The molecule has 27 heavy (non-hydrogen) atoms. The Bertz CT molecular complexity index is 908. The minimum atomic E-state index is -4.84. The number of nitrogens with one attached hydrogen (secondary N) is 1. The number of nitrogens with two attached hydrogens (primary N) is 1. The first-order chi connectivity index (χ1) is 12.3. The van der Waals surface area contributed by atoms with Gasteiger partial charge in [0.05, 0.1) is 17.6 Å². The average molecular weight is 402 g/mol. The molecule has 0 aromatic heterocycles. The Labute approximate surface area is 156 Å². The predicted octanol–water partition coefficient (Wildman–Crippen LogP) is 3.75. The standard InChI is InChI=1S/C18H21F3N2O3S/c1-17(2,12-4-7-14(26-3)8-5-12)11-23-13-6-9-16(27(22,24)25)15(10-13)18(19,20)21/h4-10,23H,11H2,1-3H3,(H2,22,24,25). The van der Waals surface area contributed by atoms with Crippen LogP contribution in [0.1, 0.15) is 25.0 Å². The summed E-state index contributed by atoms with van der Waals surface area (Å²) in [5.74, 6) is 0.705. The summed E-state index contributed by atoms with van der Waals surface area (Å²) in [6.45, 7) is 4.20. The third-order valence-electron chi connectivity index (χ3n) is 4.20. The molecule has 5 nitrogen and oxygen atoms in total. The van der Waals surface area contributed by atoms with Gasteiger partial charge in [-0.1, -0.05) is 26.0 Å². The third-order valence-corrected chi connectivity index (χ3v) is 5.17. The number of benzene rings is 2. The molecule has 0 amide bonds. The maximum absolute atomic E-state index is 13.2. The first kappa shape index (κ1) is 21.0. The second kappa shape index (κ2) is 7.40. The number of halogens is 3. The zero-order chi connectivity index (χ0) is 20.5. The van der Waals surface area contributed by atoms with E-state index in [9.17, 15) is 21.6 Å². The molecule has 0 aliphatic heterocycles. The molecule has 0 saturated carbocycles. The molecule has 0 aliphatic carbocycles. The summed E-state index contributed by atoms with van der Waals surface area (Å²) in [4.78, 5) is -0.949. The lowest BCUT2D eigenvalue weighted by Gasteiger charge is -2.27. The van der Waals surface area contributed by atoms with Crippen LogP contribution in [0.2, 0.25) is 0 Å². The highest BCUT2D eigenvalue weighted by atomic mass is 32.2. The van der Waals surface area contributed by atoms with Gasteiger partial charge in [-0.15, -0.1) is 0 Å². The minimum absolute atomic E-state index is 0.149. The van der Waals surface area contributed by atoms with Crippen LogP contribution in [0.25, 0.3) is 0 Å². The van der Waals surface area contributed by atoms with Crippen molar-refractivity contribution in [2.24, 2.45) is 5.14 Å². The first-order valence-corrected chi connectivity index (χ1v) is 9.52. The zero-order valence-electron chi connectivity index (χ0n) is 15.1. The molecular formula is C18H21F3N2O3S. The van der Waals surface area contributed by atoms with Crippen molar-refractivity contribution in [3.05, 3.63) is 53.6 Å². The molecule has 0 aliphatic rings. The van der Waals surface area contributed by atoms with Crippen molar-refractivity contribution in [1.82, 2.24) is 0 Å². The van der Waals surface area contributed by atoms with Crippen LogP contribution in [0.3, 0.4) is 0 Å². The predicted molar refractivity (Wildman–Crippen MR) is 97.3 cm³/mol. The smallest absolute Gasteiger partial charge is 0.417 e. The Kier molecular flexibility index (Phi) is 5.77. The Balaban J connectivity index is 2.26. The van der Waals surface area contributed by atoms with E-state index in [4.69, 9.17) is 9.88 Å². The van der Waals surface area contributed by atoms with Crippen molar-refractivity contribution in [3.8, 4) is 5.75 Å². The van der Waals surface area contributed by atoms with Gasteiger partial charge in [-0.3, -0.25) is 0 Å². The molecule has 0 atom stereocenters. The summed E-state index contributed by atoms with van der Waals surface area (Å²) in [5.41, 5.74) is -0.579. The van der Waals surface area contributed by atoms with E-state index in [1.807, 2.05) is 26.0 Å².